The van der Waals surface area contributed by atoms with E-state index in [0.717, 1.165) is 30.0 Å². The molecule has 0 unspecified atom stereocenters. The Morgan fingerprint density at radius 1 is 1.07 bits per heavy atom. The molecule has 0 radical (unpaired) electrons. The molecule has 29 heavy (non-hydrogen) atoms. The van der Waals surface area contributed by atoms with Crippen LogP contribution in [-0.2, 0) is 4.79 Å². The van der Waals surface area contributed by atoms with E-state index in [2.05, 4.69) is 0 Å². The molecule has 0 bridgehead atoms. The second-order valence-corrected chi connectivity index (χ2v) is 7.69. The number of ether oxygens (including phenoxy) is 1. The maximum atomic E-state index is 11.0. The van der Waals surface area contributed by atoms with Crippen molar-refractivity contribution >= 4 is 17.7 Å². The number of aliphatic hydroxyl groups excluding tert-OH is 1. The number of phenols is 5. The van der Waals surface area contributed by atoms with E-state index in [1.54, 1.807) is 0 Å². The Hall–Kier alpha value is -3.02. The number of fused-ring (bicyclic) bond motifs is 1. The summed E-state index contributed by atoms with van der Waals surface area (Å²) in [6, 6.07) is 3.21. The van der Waals surface area contributed by atoms with Crippen LogP contribution in [0.5, 0.6) is 34.5 Å². The van der Waals surface area contributed by atoms with Crippen LogP contribution in [-0.4, -0.2) is 59.6 Å². The molecular formula is C18H19NO9S. The van der Waals surface area contributed by atoms with Gasteiger partial charge in [0.15, 0.2) is 23.4 Å². The molecule has 1 aliphatic rings. The molecule has 1 aliphatic heterocycles. The minimum Gasteiger partial charge on any atom is -0.508 e. The third-order valence-electron chi connectivity index (χ3n) is 4.46. The van der Waals surface area contributed by atoms with Gasteiger partial charge in [-0.2, -0.15) is 0 Å². The molecule has 3 rings (SSSR count). The molecule has 0 fully saturated rings. The van der Waals surface area contributed by atoms with E-state index < -0.39 is 46.7 Å². The topological polar surface area (TPSA) is 194 Å². The monoisotopic (exact) mass is 425 g/mol. The lowest BCUT2D eigenvalue weighted by Gasteiger charge is -2.37. The summed E-state index contributed by atoms with van der Waals surface area (Å²) in [4.78, 5) is 11.0. The van der Waals surface area contributed by atoms with Crippen LogP contribution in [0.25, 0.3) is 0 Å². The first kappa shape index (κ1) is 20.7. The summed E-state index contributed by atoms with van der Waals surface area (Å²) in [6.45, 7) is 0. The minimum atomic E-state index is -1.37. The lowest BCUT2D eigenvalue weighted by molar-refractivity contribution is -0.137. The summed E-state index contributed by atoms with van der Waals surface area (Å²) in [6.07, 6.45) is -2.55. The van der Waals surface area contributed by atoms with Gasteiger partial charge in [0.2, 0.25) is 0 Å². The molecule has 1 heterocycles. The molecule has 9 N–H and O–H groups in total. The highest BCUT2D eigenvalue weighted by Crippen LogP contribution is 2.53. The van der Waals surface area contributed by atoms with Gasteiger partial charge in [0.05, 0.1) is 10.8 Å². The zero-order valence-electron chi connectivity index (χ0n) is 14.8. The zero-order chi connectivity index (χ0) is 21.5. The number of nitrogens with two attached hydrogens (primary N) is 1. The molecule has 0 saturated heterocycles. The molecule has 2 aromatic carbocycles. The van der Waals surface area contributed by atoms with Gasteiger partial charge in [0.1, 0.15) is 29.4 Å². The fourth-order valence-electron chi connectivity index (χ4n) is 3.03. The van der Waals surface area contributed by atoms with Gasteiger partial charge in [-0.05, 0) is 12.1 Å². The van der Waals surface area contributed by atoms with E-state index in [1.807, 2.05) is 0 Å². The number of carboxylic acid groups (broad SMARTS) is 1. The second kappa shape index (κ2) is 7.78. The molecule has 4 atom stereocenters. The van der Waals surface area contributed by atoms with Gasteiger partial charge < -0.3 is 46.2 Å². The van der Waals surface area contributed by atoms with Crippen molar-refractivity contribution in [3.63, 3.8) is 0 Å². The second-order valence-electron chi connectivity index (χ2n) is 6.51. The summed E-state index contributed by atoms with van der Waals surface area (Å²) in [5, 5.41) is 68.1. The molecule has 0 aromatic heterocycles. The third-order valence-corrected chi connectivity index (χ3v) is 5.88. The number of rotatable bonds is 5. The van der Waals surface area contributed by atoms with Gasteiger partial charge in [0.25, 0.3) is 0 Å². The van der Waals surface area contributed by atoms with Gasteiger partial charge >= 0.3 is 5.97 Å². The fourth-order valence-corrected chi connectivity index (χ4v) is 4.33. The van der Waals surface area contributed by atoms with Crippen molar-refractivity contribution in [3.05, 3.63) is 35.4 Å². The van der Waals surface area contributed by atoms with Crippen molar-refractivity contribution in [2.75, 3.05) is 5.75 Å². The Kier molecular flexibility index (Phi) is 5.55. The predicted octanol–water partition coefficient (Wildman–Crippen LogP) is 0.895. The lowest BCUT2D eigenvalue weighted by Crippen LogP contribution is -2.36. The number of phenolic OH excluding ortho intramolecular Hbond substituents is 5. The van der Waals surface area contributed by atoms with Crippen LogP contribution in [0.3, 0.4) is 0 Å². The van der Waals surface area contributed by atoms with Crippen molar-refractivity contribution < 1.29 is 45.3 Å². The van der Waals surface area contributed by atoms with E-state index in [0.29, 0.717) is 0 Å². The molecule has 2 aromatic rings. The molecule has 10 nitrogen and oxygen atoms in total. The molecule has 0 saturated carbocycles. The number of aromatic hydroxyl groups is 5. The molecular weight excluding hydrogens is 406 g/mol. The van der Waals surface area contributed by atoms with E-state index in [9.17, 15) is 35.4 Å². The number of carbonyl (C=O) groups is 1. The molecule has 0 amide bonds. The Morgan fingerprint density at radius 2 is 1.69 bits per heavy atom. The number of thioether (sulfide) groups is 1. The summed E-state index contributed by atoms with van der Waals surface area (Å²) in [7, 11) is 0. The highest BCUT2D eigenvalue weighted by atomic mass is 32.2. The average molecular weight is 425 g/mol. The first-order valence-electron chi connectivity index (χ1n) is 8.35. The van der Waals surface area contributed by atoms with Crippen LogP contribution in [0.4, 0.5) is 0 Å². The van der Waals surface area contributed by atoms with Crippen LogP contribution < -0.4 is 10.5 Å². The Morgan fingerprint density at radius 3 is 2.28 bits per heavy atom. The van der Waals surface area contributed by atoms with E-state index >= 15 is 0 Å². The van der Waals surface area contributed by atoms with Crippen LogP contribution >= 0.6 is 11.8 Å². The van der Waals surface area contributed by atoms with Crippen LogP contribution in [0.2, 0.25) is 0 Å². The Labute approximate surface area is 168 Å². The number of hydrogen-bond donors (Lipinski definition) is 8. The standard InChI is InChI=1S/C18H19NO9S/c19-8(18(26)27)5-29-17-13-9(21)3-7(20)4-12(13)28-16(15(17)25)6-1-10(22)14(24)11(23)2-6/h1-4,8,15-17,20-25H,5,19H2,(H,26,27)/t8-,15+,16+,17-/m0/s1. The maximum Gasteiger partial charge on any atom is 0.321 e. The van der Waals surface area contributed by atoms with Crippen molar-refractivity contribution in [1.29, 1.82) is 0 Å². The number of carboxylic acids is 1. The van der Waals surface area contributed by atoms with Gasteiger partial charge in [0, 0.05) is 23.4 Å². The lowest BCUT2D eigenvalue weighted by atomic mass is 9.93. The van der Waals surface area contributed by atoms with Gasteiger partial charge in [-0.1, -0.05) is 0 Å². The SMILES string of the molecule is N[C@@H](CS[C@H]1c2c(O)cc(O)cc2O[C@H](c2cc(O)c(O)c(O)c2)[C@H]1O)C(=O)O. The zero-order valence-corrected chi connectivity index (χ0v) is 15.6. The highest BCUT2D eigenvalue weighted by molar-refractivity contribution is 7.99. The molecule has 0 spiro atoms. The summed E-state index contributed by atoms with van der Waals surface area (Å²) in [5.74, 6) is -4.02. The summed E-state index contributed by atoms with van der Waals surface area (Å²) < 4.78 is 5.69. The van der Waals surface area contributed by atoms with Crippen LogP contribution in [0.1, 0.15) is 22.5 Å². The van der Waals surface area contributed by atoms with E-state index in [-0.39, 0.29) is 34.1 Å². The van der Waals surface area contributed by atoms with E-state index in [1.165, 1.54) is 6.07 Å². The van der Waals surface area contributed by atoms with Crippen molar-refractivity contribution in [1.82, 2.24) is 0 Å². The average Bonchev–Trinajstić information content (AvgIpc) is 2.64. The number of aliphatic hydroxyl groups is 1. The van der Waals surface area contributed by atoms with Crippen molar-refractivity contribution in [3.8, 4) is 34.5 Å². The minimum absolute atomic E-state index is 0.0197. The summed E-state index contributed by atoms with van der Waals surface area (Å²) >= 11 is 0.963. The largest absolute Gasteiger partial charge is 0.508 e. The maximum absolute atomic E-state index is 11.0. The number of benzene rings is 2. The van der Waals surface area contributed by atoms with E-state index in [4.69, 9.17) is 15.6 Å². The molecule has 156 valence electrons. The van der Waals surface area contributed by atoms with Crippen LogP contribution in [0, 0.1) is 0 Å². The van der Waals surface area contributed by atoms with Gasteiger partial charge in [-0.25, -0.2) is 0 Å². The van der Waals surface area contributed by atoms with Crippen molar-refractivity contribution in [2.45, 2.75) is 23.5 Å². The van der Waals surface area contributed by atoms with Crippen molar-refractivity contribution in [2.24, 2.45) is 5.73 Å². The smallest absolute Gasteiger partial charge is 0.321 e. The quantitative estimate of drug-likeness (QED) is 0.317. The normalized spacial score (nSPS) is 21.8. The highest BCUT2D eigenvalue weighted by Gasteiger charge is 2.41. The Bertz CT molecular complexity index is 928. The van der Waals surface area contributed by atoms with Gasteiger partial charge in [-0.3, -0.25) is 4.79 Å². The number of aliphatic carboxylic acids is 1. The fraction of sp³-hybridized carbons (Fsp3) is 0.278. The molecule has 0 aliphatic carbocycles. The Balaban J connectivity index is 2.04. The first-order chi connectivity index (χ1) is 13.6. The third kappa shape index (κ3) is 3.92. The predicted molar refractivity (Wildman–Crippen MR) is 101 cm³/mol. The summed E-state index contributed by atoms with van der Waals surface area (Å²) in [5.41, 5.74) is 5.78. The first-order valence-corrected chi connectivity index (χ1v) is 9.40. The van der Waals surface area contributed by atoms with Crippen LogP contribution in [0.15, 0.2) is 24.3 Å². The van der Waals surface area contributed by atoms with Gasteiger partial charge in [-0.15, -0.1) is 11.8 Å². The molecule has 11 heteroatoms. The number of hydrogen-bond acceptors (Lipinski definition) is 10.